The van der Waals surface area contributed by atoms with Crippen LogP contribution in [0.1, 0.15) is 53.9 Å². The molecule has 1 unspecified atom stereocenters. The molecule has 0 saturated heterocycles. The van der Waals surface area contributed by atoms with Crippen molar-refractivity contribution in [1.29, 1.82) is 0 Å². The van der Waals surface area contributed by atoms with E-state index in [1.807, 2.05) is 0 Å². The Hall–Kier alpha value is 0.350. The van der Waals surface area contributed by atoms with Crippen molar-refractivity contribution in [1.82, 2.24) is 0 Å². The summed E-state index contributed by atoms with van der Waals surface area (Å²) in [6.45, 7) is 11.6. The zero-order chi connectivity index (χ0) is 9.61. The average Bonchev–Trinajstić information content (AvgIpc) is 1.84. The maximum absolute atomic E-state index is 2.34. The minimum absolute atomic E-state index is 0.513. The molecular weight excluding hydrogens is 164 g/mol. The van der Waals surface area contributed by atoms with Gasteiger partial charge in [-0.25, -0.2) is 0 Å². The smallest absolute Gasteiger partial charge is 0.00186 e. The van der Waals surface area contributed by atoms with Crippen LogP contribution in [0.25, 0.3) is 0 Å². The van der Waals surface area contributed by atoms with E-state index in [1.165, 1.54) is 25.0 Å². The quantitative estimate of drug-likeness (QED) is 0.618. The minimum Gasteiger partial charge on any atom is -0.159 e. The molecule has 0 heterocycles. The lowest BCUT2D eigenvalue weighted by Crippen LogP contribution is -2.07. The highest BCUT2D eigenvalue weighted by Gasteiger charge is 2.10. The third-order valence-corrected chi connectivity index (χ3v) is 3.19. The normalized spacial score (nSPS) is 14.8. The largest absolute Gasteiger partial charge is 0.159 e. The van der Waals surface area contributed by atoms with Crippen molar-refractivity contribution in [2.24, 2.45) is 5.41 Å². The summed E-state index contributed by atoms with van der Waals surface area (Å²) in [5.41, 5.74) is 0.513. The average molecular weight is 188 g/mol. The van der Waals surface area contributed by atoms with Crippen LogP contribution in [0.4, 0.5) is 0 Å². The molecule has 0 amide bonds. The summed E-state index contributed by atoms with van der Waals surface area (Å²) in [7, 11) is 0. The molecular formula is C11H24S. The topological polar surface area (TPSA) is 0 Å². The Morgan fingerprint density at radius 1 is 1.25 bits per heavy atom. The molecule has 0 fully saturated rings. The summed E-state index contributed by atoms with van der Waals surface area (Å²) < 4.78 is 0. The monoisotopic (exact) mass is 188 g/mol. The van der Waals surface area contributed by atoms with Gasteiger partial charge < -0.3 is 0 Å². The molecule has 0 rings (SSSR count). The summed E-state index contributed by atoms with van der Waals surface area (Å²) in [4.78, 5) is 0. The molecule has 0 bridgehead atoms. The summed E-state index contributed by atoms with van der Waals surface area (Å²) >= 11 is 2.13. The fourth-order valence-corrected chi connectivity index (χ4v) is 2.59. The fourth-order valence-electron chi connectivity index (χ4n) is 1.06. The van der Waals surface area contributed by atoms with Gasteiger partial charge >= 0.3 is 0 Å². The van der Waals surface area contributed by atoms with Gasteiger partial charge in [0.2, 0.25) is 0 Å². The molecule has 12 heavy (non-hydrogen) atoms. The van der Waals surface area contributed by atoms with Gasteiger partial charge in [-0.05, 0) is 24.0 Å². The lowest BCUT2D eigenvalue weighted by molar-refractivity contribution is 0.401. The van der Waals surface area contributed by atoms with E-state index < -0.39 is 0 Å². The van der Waals surface area contributed by atoms with Gasteiger partial charge in [0.1, 0.15) is 0 Å². The molecule has 0 aromatic carbocycles. The predicted octanol–water partition coefficient (Wildman–Crippen LogP) is 4.34. The second kappa shape index (κ2) is 5.90. The van der Waals surface area contributed by atoms with Gasteiger partial charge in [0.05, 0.1) is 0 Å². The van der Waals surface area contributed by atoms with Crippen LogP contribution >= 0.6 is 11.8 Å². The second-order valence-electron chi connectivity index (χ2n) is 4.78. The number of hydrogen-bond donors (Lipinski definition) is 0. The third kappa shape index (κ3) is 8.45. The van der Waals surface area contributed by atoms with E-state index in [2.05, 4.69) is 46.4 Å². The lowest BCUT2D eigenvalue weighted by atomic mass is 9.94. The molecule has 0 aliphatic heterocycles. The first-order valence-electron chi connectivity index (χ1n) is 5.07. The van der Waals surface area contributed by atoms with E-state index in [4.69, 9.17) is 0 Å². The summed E-state index contributed by atoms with van der Waals surface area (Å²) in [5, 5.41) is 0.859. The Morgan fingerprint density at radius 3 is 2.25 bits per heavy atom. The van der Waals surface area contributed by atoms with Crippen LogP contribution in [0.2, 0.25) is 0 Å². The fraction of sp³-hybridized carbons (Fsp3) is 1.00. The van der Waals surface area contributed by atoms with Gasteiger partial charge in [0.15, 0.2) is 0 Å². The standard InChI is InChI=1S/C11H24S/c1-6-7-10(2)12-9-8-11(3,4)5/h10H,6-9H2,1-5H3. The Kier molecular flexibility index (Phi) is 6.08. The van der Waals surface area contributed by atoms with Gasteiger partial charge in [-0.1, -0.05) is 41.0 Å². The van der Waals surface area contributed by atoms with Crippen molar-refractivity contribution in [2.75, 3.05) is 5.75 Å². The van der Waals surface area contributed by atoms with E-state index in [0.717, 1.165) is 5.25 Å². The van der Waals surface area contributed by atoms with Gasteiger partial charge in [0.25, 0.3) is 0 Å². The molecule has 74 valence electrons. The molecule has 0 saturated carbocycles. The number of thioether (sulfide) groups is 1. The SMILES string of the molecule is CCCC(C)SCCC(C)(C)C. The van der Waals surface area contributed by atoms with E-state index >= 15 is 0 Å². The lowest BCUT2D eigenvalue weighted by Gasteiger charge is -2.18. The first-order valence-corrected chi connectivity index (χ1v) is 6.12. The van der Waals surface area contributed by atoms with Gasteiger partial charge in [-0.2, -0.15) is 11.8 Å². The highest BCUT2D eigenvalue weighted by Crippen LogP contribution is 2.24. The van der Waals surface area contributed by atoms with Crippen molar-refractivity contribution in [2.45, 2.75) is 59.1 Å². The zero-order valence-corrected chi connectivity index (χ0v) is 10.1. The van der Waals surface area contributed by atoms with E-state index in [0.29, 0.717) is 5.41 Å². The Bertz CT molecular complexity index is 102. The summed E-state index contributed by atoms with van der Waals surface area (Å²) in [6, 6.07) is 0. The van der Waals surface area contributed by atoms with Crippen LogP contribution in [-0.2, 0) is 0 Å². The van der Waals surface area contributed by atoms with Gasteiger partial charge in [-0.15, -0.1) is 0 Å². The van der Waals surface area contributed by atoms with E-state index in [1.54, 1.807) is 0 Å². The molecule has 0 aliphatic carbocycles. The van der Waals surface area contributed by atoms with E-state index in [-0.39, 0.29) is 0 Å². The summed E-state index contributed by atoms with van der Waals surface area (Å²) in [5.74, 6) is 1.32. The first-order chi connectivity index (χ1) is 5.45. The maximum Gasteiger partial charge on any atom is 0.00186 e. The molecule has 0 spiro atoms. The van der Waals surface area contributed by atoms with Crippen LogP contribution in [0.15, 0.2) is 0 Å². The number of rotatable bonds is 5. The molecule has 0 radical (unpaired) electrons. The van der Waals surface area contributed by atoms with Crippen molar-refractivity contribution < 1.29 is 0 Å². The van der Waals surface area contributed by atoms with Crippen LogP contribution in [0.3, 0.4) is 0 Å². The highest BCUT2D eigenvalue weighted by atomic mass is 32.2. The molecule has 0 aliphatic rings. The van der Waals surface area contributed by atoms with Crippen molar-refractivity contribution in [3.05, 3.63) is 0 Å². The van der Waals surface area contributed by atoms with Crippen LogP contribution in [0.5, 0.6) is 0 Å². The molecule has 0 aromatic heterocycles. The van der Waals surface area contributed by atoms with E-state index in [9.17, 15) is 0 Å². The predicted molar refractivity (Wildman–Crippen MR) is 60.9 cm³/mol. The summed E-state index contributed by atoms with van der Waals surface area (Å²) in [6.07, 6.45) is 4.03. The molecule has 0 aromatic rings. The Balaban J connectivity index is 3.31. The first kappa shape index (κ1) is 12.3. The highest BCUT2D eigenvalue weighted by molar-refractivity contribution is 7.99. The number of hydrogen-bond acceptors (Lipinski definition) is 1. The Labute approximate surface area is 82.5 Å². The second-order valence-corrected chi connectivity index (χ2v) is 6.33. The zero-order valence-electron chi connectivity index (χ0n) is 9.31. The molecule has 1 heteroatoms. The van der Waals surface area contributed by atoms with Crippen LogP contribution in [0, 0.1) is 5.41 Å². The van der Waals surface area contributed by atoms with Crippen molar-refractivity contribution >= 4 is 11.8 Å². The third-order valence-electron chi connectivity index (χ3n) is 1.95. The minimum atomic E-state index is 0.513. The van der Waals surface area contributed by atoms with Crippen molar-refractivity contribution in [3.8, 4) is 0 Å². The Morgan fingerprint density at radius 2 is 1.83 bits per heavy atom. The van der Waals surface area contributed by atoms with Crippen molar-refractivity contribution in [3.63, 3.8) is 0 Å². The van der Waals surface area contributed by atoms with Gasteiger partial charge in [0, 0.05) is 5.25 Å². The van der Waals surface area contributed by atoms with Crippen LogP contribution < -0.4 is 0 Å². The molecule has 0 nitrogen and oxygen atoms in total. The van der Waals surface area contributed by atoms with Gasteiger partial charge in [-0.3, -0.25) is 0 Å². The van der Waals surface area contributed by atoms with Crippen LogP contribution in [-0.4, -0.2) is 11.0 Å². The molecule has 1 atom stereocenters. The maximum atomic E-state index is 2.34. The molecule has 0 N–H and O–H groups in total.